The highest BCUT2D eigenvalue weighted by molar-refractivity contribution is 7.91. The van der Waals surface area contributed by atoms with E-state index in [1.807, 2.05) is 0 Å². The van der Waals surface area contributed by atoms with Crippen LogP contribution in [0, 0.1) is 5.41 Å². The molecule has 2 atom stereocenters. The number of carbonyl (C=O) groups excluding carboxylic acids is 1. The van der Waals surface area contributed by atoms with Gasteiger partial charge in [-0.05, 0) is 25.5 Å². The zero-order chi connectivity index (χ0) is 15.0. The van der Waals surface area contributed by atoms with E-state index in [-0.39, 0.29) is 12.4 Å². The van der Waals surface area contributed by atoms with Gasteiger partial charge in [0.2, 0.25) is 0 Å². The van der Waals surface area contributed by atoms with Crippen molar-refractivity contribution in [3.63, 3.8) is 0 Å². The minimum absolute atomic E-state index is 0.0896. The molecule has 0 radical (unpaired) electrons. The van der Waals surface area contributed by atoms with Crippen molar-refractivity contribution in [3.8, 4) is 0 Å². The molecule has 108 valence electrons. The molecule has 0 amide bonds. The predicted molar refractivity (Wildman–Crippen MR) is 76.2 cm³/mol. The Hall–Kier alpha value is -1.62. The molecule has 0 bridgehead atoms. The van der Waals surface area contributed by atoms with E-state index >= 15 is 0 Å². The Morgan fingerprint density at radius 1 is 1.50 bits per heavy atom. The topological polar surface area (TPSA) is 60.4 Å². The molecule has 5 heteroatoms. The first-order valence-electron chi connectivity index (χ1n) is 6.49. The number of esters is 1. The number of benzene rings is 1. The molecule has 2 unspecified atom stereocenters. The molecule has 0 aliphatic carbocycles. The van der Waals surface area contributed by atoms with Crippen molar-refractivity contribution in [2.75, 3.05) is 12.4 Å². The highest BCUT2D eigenvalue weighted by Gasteiger charge is 2.48. The van der Waals surface area contributed by atoms with Gasteiger partial charge in [-0.3, -0.25) is 4.79 Å². The van der Waals surface area contributed by atoms with Crippen molar-refractivity contribution < 1.29 is 17.9 Å². The van der Waals surface area contributed by atoms with Gasteiger partial charge in [0.05, 0.1) is 22.7 Å². The number of rotatable bonds is 4. The Kier molecular flexibility index (Phi) is 3.73. The molecular formula is C15H18O4S. The summed E-state index contributed by atoms with van der Waals surface area (Å²) < 4.78 is 29.5. The normalized spacial score (nSPS) is 22.6. The van der Waals surface area contributed by atoms with Crippen LogP contribution in [0.25, 0.3) is 0 Å². The van der Waals surface area contributed by atoms with Crippen LogP contribution in [0.3, 0.4) is 0 Å². The third-order valence-electron chi connectivity index (χ3n) is 3.88. The van der Waals surface area contributed by atoms with E-state index in [4.69, 9.17) is 4.74 Å². The third kappa shape index (κ3) is 2.16. The van der Waals surface area contributed by atoms with Gasteiger partial charge in [-0.15, -0.1) is 6.58 Å². The lowest BCUT2D eigenvalue weighted by Gasteiger charge is -2.29. The van der Waals surface area contributed by atoms with E-state index < -0.39 is 27.1 Å². The molecule has 1 heterocycles. The summed E-state index contributed by atoms with van der Waals surface area (Å²) in [5.74, 6) is -0.986. The van der Waals surface area contributed by atoms with Crippen molar-refractivity contribution in [3.05, 3.63) is 42.5 Å². The maximum Gasteiger partial charge on any atom is 0.316 e. The maximum atomic E-state index is 12.2. The predicted octanol–water partition coefficient (Wildman–Crippen LogP) is 2.31. The van der Waals surface area contributed by atoms with Crippen LogP contribution in [0.4, 0.5) is 0 Å². The summed E-state index contributed by atoms with van der Waals surface area (Å²) in [4.78, 5) is 12.5. The van der Waals surface area contributed by atoms with Gasteiger partial charge >= 0.3 is 5.97 Å². The largest absolute Gasteiger partial charge is 0.465 e. The van der Waals surface area contributed by atoms with E-state index in [1.54, 1.807) is 38.1 Å². The summed E-state index contributed by atoms with van der Waals surface area (Å²) in [6.07, 6.45) is 1.49. The Balaban J connectivity index is 2.54. The average molecular weight is 294 g/mol. The minimum atomic E-state index is -3.35. The van der Waals surface area contributed by atoms with Crippen LogP contribution in [0.2, 0.25) is 0 Å². The van der Waals surface area contributed by atoms with Crippen LogP contribution in [-0.2, 0) is 19.4 Å². The summed E-state index contributed by atoms with van der Waals surface area (Å²) in [6.45, 7) is 7.36. The van der Waals surface area contributed by atoms with Gasteiger partial charge in [-0.25, -0.2) is 8.42 Å². The van der Waals surface area contributed by atoms with Crippen molar-refractivity contribution >= 4 is 15.8 Å². The molecule has 0 fully saturated rings. The van der Waals surface area contributed by atoms with Crippen LogP contribution in [-0.4, -0.2) is 26.7 Å². The molecule has 0 saturated carbocycles. The lowest BCUT2D eigenvalue weighted by atomic mass is 9.74. The maximum absolute atomic E-state index is 12.2. The fourth-order valence-electron chi connectivity index (χ4n) is 2.60. The van der Waals surface area contributed by atoms with E-state index in [0.717, 1.165) is 0 Å². The fraction of sp³-hybridized carbons (Fsp3) is 0.400. The van der Waals surface area contributed by atoms with Crippen molar-refractivity contribution in [2.45, 2.75) is 24.7 Å². The molecule has 0 saturated heterocycles. The summed E-state index contributed by atoms with van der Waals surface area (Å²) >= 11 is 0. The Morgan fingerprint density at radius 2 is 2.15 bits per heavy atom. The molecule has 1 aromatic carbocycles. The van der Waals surface area contributed by atoms with Crippen LogP contribution in [0.15, 0.2) is 41.8 Å². The summed E-state index contributed by atoms with van der Waals surface area (Å²) in [6, 6.07) is 6.81. The van der Waals surface area contributed by atoms with E-state index in [1.165, 1.54) is 6.08 Å². The third-order valence-corrected chi connectivity index (χ3v) is 5.69. The number of fused-ring (bicyclic) bond motifs is 1. The van der Waals surface area contributed by atoms with Gasteiger partial charge in [-0.1, -0.05) is 24.3 Å². The average Bonchev–Trinajstić information content (AvgIpc) is 2.71. The fourth-order valence-corrected chi connectivity index (χ4v) is 4.60. The molecular weight excluding hydrogens is 276 g/mol. The highest BCUT2D eigenvalue weighted by atomic mass is 32.2. The Bertz CT molecular complexity index is 648. The zero-order valence-corrected chi connectivity index (χ0v) is 12.4. The summed E-state index contributed by atoms with van der Waals surface area (Å²) in [7, 11) is -3.35. The molecule has 20 heavy (non-hydrogen) atoms. The quantitative estimate of drug-likeness (QED) is 0.631. The Labute approximate surface area is 119 Å². The number of carbonyl (C=O) groups is 1. The van der Waals surface area contributed by atoms with Gasteiger partial charge in [0, 0.05) is 5.92 Å². The molecule has 1 aliphatic heterocycles. The lowest BCUT2D eigenvalue weighted by molar-refractivity contribution is -0.152. The number of hydrogen-bond acceptors (Lipinski definition) is 4. The van der Waals surface area contributed by atoms with Crippen molar-refractivity contribution in [2.24, 2.45) is 5.41 Å². The number of sulfone groups is 1. The van der Waals surface area contributed by atoms with Gasteiger partial charge in [0.25, 0.3) is 0 Å². The van der Waals surface area contributed by atoms with E-state index in [2.05, 4.69) is 6.58 Å². The van der Waals surface area contributed by atoms with E-state index in [9.17, 15) is 13.2 Å². The number of hydrogen-bond donors (Lipinski definition) is 0. The molecule has 1 aliphatic rings. The first-order chi connectivity index (χ1) is 9.36. The Morgan fingerprint density at radius 3 is 2.75 bits per heavy atom. The molecule has 0 N–H and O–H groups in total. The molecule has 0 aromatic heterocycles. The monoisotopic (exact) mass is 294 g/mol. The first kappa shape index (κ1) is 14.8. The number of ether oxygens (including phenoxy) is 1. The first-order valence-corrected chi connectivity index (χ1v) is 8.14. The molecule has 0 spiro atoms. The SMILES string of the molecule is C=CC(C)(C(=O)OCC)C1CS(=O)(=O)c2ccccc21. The summed E-state index contributed by atoms with van der Waals surface area (Å²) in [5.41, 5.74) is -0.377. The van der Waals surface area contributed by atoms with Gasteiger partial charge in [-0.2, -0.15) is 0 Å². The lowest BCUT2D eigenvalue weighted by Crippen LogP contribution is -2.35. The van der Waals surface area contributed by atoms with Crippen molar-refractivity contribution in [1.29, 1.82) is 0 Å². The smallest absolute Gasteiger partial charge is 0.316 e. The van der Waals surface area contributed by atoms with Crippen LogP contribution in [0.5, 0.6) is 0 Å². The molecule has 4 nitrogen and oxygen atoms in total. The molecule has 1 aromatic rings. The van der Waals surface area contributed by atoms with Gasteiger partial charge in [0.15, 0.2) is 9.84 Å². The minimum Gasteiger partial charge on any atom is -0.465 e. The second-order valence-electron chi connectivity index (χ2n) is 5.08. The standard InChI is InChI=1S/C15H18O4S/c1-4-15(3,14(16)19-5-2)12-10-20(17,18)13-9-7-6-8-11(12)13/h4,6-9,12H,1,5,10H2,2-3H3. The van der Waals surface area contributed by atoms with Gasteiger partial charge < -0.3 is 4.74 Å². The molecule has 2 rings (SSSR count). The van der Waals surface area contributed by atoms with Crippen LogP contribution >= 0.6 is 0 Å². The van der Waals surface area contributed by atoms with Gasteiger partial charge in [0.1, 0.15) is 0 Å². The second-order valence-corrected chi connectivity index (χ2v) is 7.08. The van der Waals surface area contributed by atoms with E-state index in [0.29, 0.717) is 10.5 Å². The summed E-state index contributed by atoms with van der Waals surface area (Å²) in [5, 5.41) is 0. The second kappa shape index (κ2) is 5.05. The highest BCUT2D eigenvalue weighted by Crippen LogP contribution is 2.46. The van der Waals surface area contributed by atoms with Crippen molar-refractivity contribution in [1.82, 2.24) is 0 Å². The van der Waals surface area contributed by atoms with Crippen LogP contribution in [0.1, 0.15) is 25.3 Å². The van der Waals surface area contributed by atoms with Crippen LogP contribution < -0.4 is 0 Å². The zero-order valence-electron chi connectivity index (χ0n) is 11.6.